The van der Waals surface area contributed by atoms with Crippen LogP contribution in [0.15, 0.2) is 53.1 Å². The molecule has 0 bridgehead atoms. The maximum Gasteiger partial charge on any atom is 0.416 e. The van der Waals surface area contributed by atoms with Gasteiger partial charge in [-0.15, -0.1) is 0 Å². The van der Waals surface area contributed by atoms with E-state index in [1.807, 2.05) is 0 Å². The highest BCUT2D eigenvalue weighted by Gasteiger charge is 2.31. The average molecular weight is 527 g/mol. The van der Waals surface area contributed by atoms with Crippen LogP contribution in [0.25, 0.3) is 11.3 Å². The van der Waals surface area contributed by atoms with E-state index in [1.165, 1.54) is 31.5 Å². The highest BCUT2D eigenvalue weighted by molar-refractivity contribution is 6.34. The topological polar surface area (TPSA) is 100 Å². The summed E-state index contributed by atoms with van der Waals surface area (Å²) in [4.78, 5) is 17.3. The Kier molecular flexibility index (Phi) is 8.92. The number of alkyl halides is 4. The number of halogens is 5. The second kappa shape index (κ2) is 11.9. The summed E-state index contributed by atoms with van der Waals surface area (Å²) in [5.74, 6) is -0.468. The molecule has 1 heterocycles. The highest BCUT2D eigenvalue weighted by atomic mass is 35.5. The first-order valence-electron chi connectivity index (χ1n) is 10.8. The van der Waals surface area contributed by atoms with Crippen LogP contribution in [0, 0.1) is 5.41 Å². The molecule has 3 rings (SSSR count). The Morgan fingerprint density at radius 3 is 2.69 bits per heavy atom. The van der Waals surface area contributed by atoms with Crippen molar-refractivity contribution in [2.75, 3.05) is 20.3 Å². The molecule has 3 aromatic rings. The van der Waals surface area contributed by atoms with Gasteiger partial charge in [0.2, 0.25) is 5.89 Å². The van der Waals surface area contributed by atoms with Crippen LogP contribution in [0.5, 0.6) is 5.75 Å². The summed E-state index contributed by atoms with van der Waals surface area (Å²) in [6.07, 6.45) is -2.61. The van der Waals surface area contributed by atoms with Gasteiger partial charge in [-0.05, 0) is 37.1 Å². The molecule has 1 amide bonds. The van der Waals surface area contributed by atoms with Gasteiger partial charge in [-0.25, -0.2) is 9.37 Å². The minimum Gasteiger partial charge on any atom is -0.496 e. The number of ether oxygens (including phenoxy) is 1. The number of amidine groups is 1. The third kappa shape index (κ3) is 6.75. The van der Waals surface area contributed by atoms with E-state index in [1.54, 1.807) is 12.1 Å². The van der Waals surface area contributed by atoms with Crippen LogP contribution in [-0.4, -0.2) is 37.1 Å². The lowest BCUT2D eigenvalue weighted by molar-refractivity contribution is -0.137. The lowest BCUT2D eigenvalue weighted by Gasteiger charge is -2.18. The summed E-state index contributed by atoms with van der Waals surface area (Å²) in [6, 6.07) is 8.51. The summed E-state index contributed by atoms with van der Waals surface area (Å²) in [6.45, 7) is -0.696. The van der Waals surface area contributed by atoms with Gasteiger partial charge in [0.1, 0.15) is 24.3 Å². The van der Waals surface area contributed by atoms with Gasteiger partial charge in [0.25, 0.3) is 5.91 Å². The molecule has 0 aliphatic carbocycles. The minimum absolute atomic E-state index is 0.0577. The third-order valence-corrected chi connectivity index (χ3v) is 5.48. The maximum absolute atomic E-state index is 13.1. The number of benzene rings is 2. The number of nitrogens with zero attached hydrogens (tertiary/aromatic N) is 1. The molecule has 0 spiro atoms. The number of aromatic nitrogens is 1. The number of carbonyl (C=O) groups excluding carboxylic acids is 1. The van der Waals surface area contributed by atoms with E-state index in [0.29, 0.717) is 6.42 Å². The van der Waals surface area contributed by atoms with Crippen LogP contribution >= 0.6 is 11.6 Å². The van der Waals surface area contributed by atoms with Crippen molar-refractivity contribution < 1.29 is 31.5 Å². The van der Waals surface area contributed by atoms with Gasteiger partial charge < -0.3 is 19.8 Å². The van der Waals surface area contributed by atoms with E-state index in [4.69, 9.17) is 26.2 Å². The fraction of sp³-hybridized carbons (Fsp3) is 0.292. The van der Waals surface area contributed by atoms with Gasteiger partial charge in [0.05, 0.1) is 29.5 Å². The SMILES string of the molecule is COc1cccc(Cl)c1C(=O)NC(CCCNC(=N)CF)c1ncc(-c2cccc(C(F)(F)F)c2)o1. The fourth-order valence-electron chi connectivity index (χ4n) is 3.41. The summed E-state index contributed by atoms with van der Waals surface area (Å²) in [5, 5.41) is 12.9. The molecule has 0 aliphatic heterocycles. The largest absolute Gasteiger partial charge is 0.496 e. The van der Waals surface area contributed by atoms with Gasteiger partial charge >= 0.3 is 6.18 Å². The van der Waals surface area contributed by atoms with Gasteiger partial charge in [-0.2, -0.15) is 13.2 Å². The summed E-state index contributed by atoms with van der Waals surface area (Å²) in [5.41, 5.74) is -0.580. The second-order valence-electron chi connectivity index (χ2n) is 7.67. The molecular weight excluding hydrogens is 504 g/mol. The highest BCUT2D eigenvalue weighted by Crippen LogP contribution is 2.33. The van der Waals surface area contributed by atoms with Gasteiger partial charge in [0, 0.05) is 12.1 Å². The van der Waals surface area contributed by atoms with Crippen molar-refractivity contribution in [2.24, 2.45) is 0 Å². The predicted molar refractivity (Wildman–Crippen MR) is 126 cm³/mol. The molecule has 2 aromatic carbocycles. The number of rotatable bonds is 10. The van der Waals surface area contributed by atoms with Crippen molar-refractivity contribution in [3.8, 4) is 17.1 Å². The molecule has 1 aromatic heterocycles. The van der Waals surface area contributed by atoms with Gasteiger partial charge in [0.15, 0.2) is 5.76 Å². The van der Waals surface area contributed by atoms with Crippen molar-refractivity contribution in [3.63, 3.8) is 0 Å². The molecule has 12 heteroatoms. The first kappa shape index (κ1) is 27.0. The molecule has 192 valence electrons. The number of hydrogen-bond acceptors (Lipinski definition) is 5. The van der Waals surface area contributed by atoms with Crippen LogP contribution in [0.3, 0.4) is 0 Å². The summed E-state index contributed by atoms with van der Waals surface area (Å²) < 4.78 is 62.8. The Morgan fingerprint density at radius 2 is 2.00 bits per heavy atom. The lowest BCUT2D eigenvalue weighted by Crippen LogP contribution is -2.31. The smallest absolute Gasteiger partial charge is 0.416 e. The maximum atomic E-state index is 13.1. The lowest BCUT2D eigenvalue weighted by atomic mass is 10.1. The molecule has 0 radical (unpaired) electrons. The molecule has 0 saturated carbocycles. The van der Waals surface area contributed by atoms with Crippen LogP contribution in [0.2, 0.25) is 5.02 Å². The van der Waals surface area contributed by atoms with E-state index in [-0.39, 0.29) is 52.4 Å². The molecule has 0 fully saturated rings. The van der Waals surface area contributed by atoms with Crippen LogP contribution in [0.4, 0.5) is 17.6 Å². The van der Waals surface area contributed by atoms with Crippen molar-refractivity contribution in [1.82, 2.24) is 15.6 Å². The number of nitrogens with one attached hydrogen (secondary N) is 3. The van der Waals surface area contributed by atoms with Crippen molar-refractivity contribution in [2.45, 2.75) is 25.1 Å². The zero-order valence-corrected chi connectivity index (χ0v) is 19.8. The first-order chi connectivity index (χ1) is 17.1. The number of carbonyl (C=O) groups is 1. The van der Waals surface area contributed by atoms with E-state index in [2.05, 4.69) is 15.6 Å². The minimum atomic E-state index is -4.52. The normalized spacial score (nSPS) is 12.2. The Hall–Kier alpha value is -3.60. The molecule has 36 heavy (non-hydrogen) atoms. The zero-order chi connectivity index (χ0) is 26.3. The zero-order valence-electron chi connectivity index (χ0n) is 19.1. The number of methoxy groups -OCH3 is 1. The molecule has 1 unspecified atom stereocenters. The number of oxazole rings is 1. The van der Waals surface area contributed by atoms with Crippen molar-refractivity contribution in [3.05, 3.63) is 70.7 Å². The second-order valence-corrected chi connectivity index (χ2v) is 8.07. The fourth-order valence-corrected chi connectivity index (χ4v) is 3.66. The van der Waals surface area contributed by atoms with Crippen LogP contribution in [0.1, 0.15) is 40.7 Å². The van der Waals surface area contributed by atoms with Crippen LogP contribution in [-0.2, 0) is 6.18 Å². The Bertz CT molecular complexity index is 1220. The Morgan fingerprint density at radius 1 is 1.25 bits per heavy atom. The van der Waals surface area contributed by atoms with Crippen molar-refractivity contribution in [1.29, 1.82) is 5.41 Å². The predicted octanol–water partition coefficient (Wildman–Crippen LogP) is 5.81. The standard InChI is InChI=1S/C24H23ClF4N4O3/c1-35-18-9-3-7-16(25)21(18)22(34)33-17(8-4-10-31-20(30)12-26)23-32-13-19(36-23)14-5-2-6-15(11-14)24(27,28)29/h2-3,5-7,9,11,13,17H,4,8,10,12H2,1H3,(H2,30,31)(H,33,34). The number of amides is 1. The molecule has 3 N–H and O–H groups in total. The van der Waals surface area contributed by atoms with E-state index in [0.717, 1.165) is 12.1 Å². The quantitative estimate of drug-likeness (QED) is 0.134. The van der Waals surface area contributed by atoms with Gasteiger partial charge in [-0.3, -0.25) is 10.2 Å². The average Bonchev–Trinajstić information content (AvgIpc) is 3.35. The first-order valence-corrected chi connectivity index (χ1v) is 11.2. The van der Waals surface area contributed by atoms with Crippen LogP contribution < -0.4 is 15.4 Å². The molecule has 1 atom stereocenters. The molecule has 0 saturated heterocycles. The Labute approximate surface area is 209 Å². The summed E-state index contributed by atoms with van der Waals surface area (Å²) in [7, 11) is 1.39. The van der Waals surface area contributed by atoms with E-state index < -0.39 is 30.4 Å². The van der Waals surface area contributed by atoms with E-state index in [9.17, 15) is 22.4 Å². The monoisotopic (exact) mass is 526 g/mol. The molecule has 7 nitrogen and oxygen atoms in total. The molecule has 0 aliphatic rings. The third-order valence-electron chi connectivity index (χ3n) is 5.17. The van der Waals surface area contributed by atoms with E-state index >= 15 is 0 Å². The molecular formula is C24H23ClF4N4O3. The van der Waals surface area contributed by atoms with Crippen molar-refractivity contribution >= 4 is 23.3 Å². The Balaban J connectivity index is 1.86. The van der Waals surface area contributed by atoms with Gasteiger partial charge in [-0.1, -0.05) is 29.8 Å². The number of hydrogen-bond donors (Lipinski definition) is 3. The summed E-state index contributed by atoms with van der Waals surface area (Å²) >= 11 is 6.20.